The van der Waals surface area contributed by atoms with Gasteiger partial charge in [0.1, 0.15) is 17.5 Å². The Bertz CT molecular complexity index is 1120. The van der Waals surface area contributed by atoms with Crippen LogP contribution in [0.3, 0.4) is 0 Å². The van der Waals surface area contributed by atoms with Crippen LogP contribution in [-0.4, -0.2) is 82.0 Å². The second kappa shape index (κ2) is 12.7. The molecule has 0 bridgehead atoms. The van der Waals surface area contributed by atoms with E-state index in [9.17, 15) is 18.0 Å². The van der Waals surface area contributed by atoms with E-state index in [2.05, 4.69) is 5.32 Å². The summed E-state index contributed by atoms with van der Waals surface area (Å²) >= 11 is 0. The van der Waals surface area contributed by atoms with Crippen LogP contribution in [0.4, 0.5) is 0 Å². The number of carbonyl (C=O) groups is 2. The molecule has 0 spiro atoms. The molecule has 1 heterocycles. The zero-order valence-electron chi connectivity index (χ0n) is 20.8. The molecule has 1 saturated heterocycles. The van der Waals surface area contributed by atoms with E-state index in [1.54, 1.807) is 26.2 Å². The van der Waals surface area contributed by atoms with Crippen molar-refractivity contribution in [2.45, 2.75) is 31.3 Å². The molecule has 1 N–H and O–H groups in total. The summed E-state index contributed by atoms with van der Waals surface area (Å²) in [6.07, 6.45) is 0. The maximum atomic E-state index is 13.1. The van der Waals surface area contributed by atoms with Crippen LogP contribution in [0.25, 0.3) is 0 Å². The molecule has 1 unspecified atom stereocenters. The second-order valence-corrected chi connectivity index (χ2v) is 10.2. The Morgan fingerprint density at radius 3 is 2.25 bits per heavy atom. The average Bonchev–Trinajstić information content (AvgIpc) is 2.91. The van der Waals surface area contributed by atoms with Gasteiger partial charge in [0, 0.05) is 26.2 Å². The number of hydrogen-bond donors (Lipinski definition) is 1. The fraction of sp³-hybridized carbons (Fsp3) is 0.440. The van der Waals surface area contributed by atoms with Gasteiger partial charge >= 0.3 is 0 Å². The van der Waals surface area contributed by atoms with Crippen LogP contribution in [0.15, 0.2) is 53.4 Å². The number of methoxy groups -OCH3 is 1. The molecule has 10 nitrogen and oxygen atoms in total. The van der Waals surface area contributed by atoms with Gasteiger partial charge in [-0.2, -0.15) is 4.31 Å². The molecule has 0 saturated carbocycles. The van der Waals surface area contributed by atoms with Crippen molar-refractivity contribution in [3.63, 3.8) is 0 Å². The zero-order chi connectivity index (χ0) is 26.1. The van der Waals surface area contributed by atoms with Crippen molar-refractivity contribution in [1.82, 2.24) is 14.5 Å². The van der Waals surface area contributed by atoms with Crippen LogP contribution in [0, 0.1) is 0 Å². The fourth-order valence-corrected chi connectivity index (χ4v) is 5.11. The van der Waals surface area contributed by atoms with E-state index in [1.807, 2.05) is 19.1 Å². The molecule has 1 fully saturated rings. The highest BCUT2D eigenvalue weighted by Gasteiger charge is 2.27. The zero-order valence-corrected chi connectivity index (χ0v) is 21.6. The largest absolute Gasteiger partial charge is 0.497 e. The minimum atomic E-state index is -3.62. The van der Waals surface area contributed by atoms with Crippen molar-refractivity contribution in [3.8, 4) is 11.5 Å². The first kappa shape index (κ1) is 27.4. The fourth-order valence-electron chi connectivity index (χ4n) is 3.70. The van der Waals surface area contributed by atoms with Crippen LogP contribution < -0.4 is 14.8 Å². The van der Waals surface area contributed by atoms with E-state index >= 15 is 0 Å². The number of benzene rings is 2. The third-order valence-electron chi connectivity index (χ3n) is 5.82. The molecule has 1 atom stereocenters. The normalized spacial score (nSPS) is 15.1. The summed E-state index contributed by atoms with van der Waals surface area (Å²) in [5, 5.41) is 2.74. The Morgan fingerprint density at radius 1 is 1.06 bits per heavy atom. The van der Waals surface area contributed by atoms with Crippen LogP contribution in [0.5, 0.6) is 11.5 Å². The molecular formula is C25H33N3O7S. The van der Waals surface area contributed by atoms with E-state index in [0.717, 1.165) is 5.56 Å². The van der Waals surface area contributed by atoms with Crippen molar-refractivity contribution in [2.75, 3.05) is 46.6 Å². The highest BCUT2D eigenvalue weighted by atomic mass is 32.2. The van der Waals surface area contributed by atoms with Gasteiger partial charge < -0.3 is 24.4 Å². The van der Waals surface area contributed by atoms with Crippen molar-refractivity contribution in [3.05, 3.63) is 54.1 Å². The lowest BCUT2D eigenvalue weighted by Gasteiger charge is -2.28. The molecule has 0 aromatic heterocycles. The first-order chi connectivity index (χ1) is 17.3. The summed E-state index contributed by atoms with van der Waals surface area (Å²) in [4.78, 5) is 27.2. The molecule has 0 radical (unpaired) electrons. The quantitative estimate of drug-likeness (QED) is 0.480. The van der Waals surface area contributed by atoms with Gasteiger partial charge in [-0.25, -0.2) is 8.42 Å². The highest BCUT2D eigenvalue weighted by molar-refractivity contribution is 7.89. The number of hydrogen-bond acceptors (Lipinski definition) is 7. The summed E-state index contributed by atoms with van der Waals surface area (Å²) in [5.41, 5.74) is 0.831. The molecule has 2 aromatic carbocycles. The topological polar surface area (TPSA) is 114 Å². The standard InChI is InChI=1S/C25H33N3O7S/c1-4-26-25(30)19(2)28(17-20-5-7-21(33-3)8-6-20)24(29)18-35-22-9-11-23(12-10-22)36(31,32)27-13-15-34-16-14-27/h5-12,19H,4,13-18H2,1-3H3,(H,26,30). The first-order valence-corrected chi connectivity index (χ1v) is 13.2. The molecule has 36 heavy (non-hydrogen) atoms. The number of rotatable bonds is 11. The Kier molecular flexibility index (Phi) is 9.68. The maximum absolute atomic E-state index is 13.1. The second-order valence-electron chi connectivity index (χ2n) is 8.22. The summed E-state index contributed by atoms with van der Waals surface area (Å²) < 4.78 is 43.0. The van der Waals surface area contributed by atoms with Crippen LogP contribution in [-0.2, 0) is 30.9 Å². The summed E-state index contributed by atoms with van der Waals surface area (Å²) in [6, 6.07) is 12.5. The summed E-state index contributed by atoms with van der Waals surface area (Å²) in [5.74, 6) is 0.391. The minimum Gasteiger partial charge on any atom is -0.497 e. The first-order valence-electron chi connectivity index (χ1n) is 11.8. The van der Waals surface area contributed by atoms with Gasteiger partial charge in [0.05, 0.1) is 25.2 Å². The average molecular weight is 520 g/mol. The van der Waals surface area contributed by atoms with Gasteiger partial charge in [-0.1, -0.05) is 12.1 Å². The van der Waals surface area contributed by atoms with Crippen LogP contribution in [0.1, 0.15) is 19.4 Å². The van der Waals surface area contributed by atoms with E-state index in [-0.39, 0.29) is 29.9 Å². The molecule has 196 valence electrons. The number of carbonyl (C=O) groups excluding carboxylic acids is 2. The van der Waals surface area contributed by atoms with Crippen molar-refractivity contribution in [2.24, 2.45) is 0 Å². The van der Waals surface area contributed by atoms with Gasteiger partial charge in [-0.05, 0) is 55.8 Å². The van der Waals surface area contributed by atoms with E-state index < -0.39 is 16.1 Å². The number of sulfonamides is 1. The number of nitrogens with zero attached hydrogens (tertiary/aromatic N) is 2. The monoisotopic (exact) mass is 519 g/mol. The Labute approximate surface area is 212 Å². The third kappa shape index (κ3) is 6.96. The third-order valence-corrected chi connectivity index (χ3v) is 7.74. The highest BCUT2D eigenvalue weighted by Crippen LogP contribution is 2.21. The Morgan fingerprint density at radius 2 is 1.67 bits per heavy atom. The van der Waals surface area contributed by atoms with E-state index in [4.69, 9.17) is 14.2 Å². The van der Waals surface area contributed by atoms with Gasteiger partial charge in [0.2, 0.25) is 15.9 Å². The van der Waals surface area contributed by atoms with Crippen molar-refractivity contribution >= 4 is 21.8 Å². The summed E-state index contributed by atoms with van der Waals surface area (Å²) in [7, 11) is -2.05. The lowest BCUT2D eigenvalue weighted by Crippen LogP contribution is -2.49. The number of amides is 2. The molecular weight excluding hydrogens is 486 g/mol. The molecule has 11 heteroatoms. The van der Waals surface area contributed by atoms with E-state index in [0.29, 0.717) is 44.3 Å². The van der Waals surface area contributed by atoms with Crippen LogP contribution in [0.2, 0.25) is 0 Å². The SMILES string of the molecule is CCNC(=O)C(C)N(Cc1ccc(OC)cc1)C(=O)COc1ccc(S(=O)(=O)N2CCOCC2)cc1. The molecule has 2 amide bonds. The number of nitrogens with one attached hydrogen (secondary N) is 1. The molecule has 1 aliphatic heterocycles. The van der Waals surface area contributed by atoms with Gasteiger partial charge in [-0.3, -0.25) is 9.59 Å². The molecule has 0 aliphatic carbocycles. The minimum absolute atomic E-state index is 0.147. The Balaban J connectivity index is 1.68. The van der Waals surface area contributed by atoms with Gasteiger partial charge in [0.25, 0.3) is 5.91 Å². The van der Waals surface area contributed by atoms with E-state index in [1.165, 1.54) is 33.5 Å². The van der Waals surface area contributed by atoms with Crippen molar-refractivity contribution in [1.29, 1.82) is 0 Å². The molecule has 3 rings (SSSR count). The van der Waals surface area contributed by atoms with Gasteiger partial charge in [0.15, 0.2) is 6.61 Å². The molecule has 1 aliphatic rings. The number of ether oxygens (including phenoxy) is 3. The predicted molar refractivity (Wildman–Crippen MR) is 133 cm³/mol. The molecule has 2 aromatic rings. The van der Waals surface area contributed by atoms with Gasteiger partial charge in [-0.15, -0.1) is 0 Å². The lowest BCUT2D eigenvalue weighted by molar-refractivity contribution is -0.142. The van der Waals surface area contributed by atoms with Crippen LogP contribution >= 0.6 is 0 Å². The number of morpholine rings is 1. The summed E-state index contributed by atoms with van der Waals surface area (Å²) in [6.45, 7) is 5.17. The lowest BCUT2D eigenvalue weighted by atomic mass is 10.1. The Hall–Kier alpha value is -3.15. The predicted octanol–water partition coefficient (Wildman–Crippen LogP) is 1.65. The smallest absolute Gasteiger partial charge is 0.261 e. The number of likely N-dealkylation sites (N-methyl/N-ethyl adjacent to an activating group) is 1. The van der Waals surface area contributed by atoms with Crippen molar-refractivity contribution < 1.29 is 32.2 Å². The maximum Gasteiger partial charge on any atom is 0.261 e.